The number of benzene rings is 3. The zero-order valence-corrected chi connectivity index (χ0v) is 26.6. The lowest BCUT2D eigenvalue weighted by molar-refractivity contribution is -0.140. The number of alkyl halides is 3. The number of halogens is 4. The molecule has 0 saturated carbocycles. The van der Waals surface area contributed by atoms with Crippen LogP contribution in [-0.2, 0) is 27.2 Å². The van der Waals surface area contributed by atoms with Gasteiger partial charge in [0.1, 0.15) is 41.4 Å². The van der Waals surface area contributed by atoms with E-state index in [2.05, 4.69) is 0 Å². The second kappa shape index (κ2) is 12.0. The summed E-state index contributed by atoms with van der Waals surface area (Å²) in [6, 6.07) is 8.93. The summed E-state index contributed by atoms with van der Waals surface area (Å²) in [5.41, 5.74) is 0.135. The van der Waals surface area contributed by atoms with Crippen LogP contribution in [0.2, 0.25) is 0 Å². The van der Waals surface area contributed by atoms with Crippen LogP contribution in [0, 0.1) is 19.7 Å². The van der Waals surface area contributed by atoms with Gasteiger partial charge in [0, 0.05) is 23.1 Å². The van der Waals surface area contributed by atoms with Gasteiger partial charge in [-0.3, -0.25) is 4.79 Å². The van der Waals surface area contributed by atoms with Crippen LogP contribution in [-0.4, -0.2) is 54.9 Å². The van der Waals surface area contributed by atoms with E-state index in [1.807, 2.05) is 0 Å². The predicted octanol–water partition coefficient (Wildman–Crippen LogP) is 6.46. The van der Waals surface area contributed by atoms with E-state index in [1.54, 1.807) is 44.2 Å². The Morgan fingerprint density at radius 2 is 1.74 bits per heavy atom. The van der Waals surface area contributed by atoms with Gasteiger partial charge < -0.3 is 24.4 Å². The number of carbonyl (C=O) groups is 1. The molecule has 2 atom stereocenters. The van der Waals surface area contributed by atoms with E-state index in [1.165, 1.54) is 0 Å². The summed E-state index contributed by atoms with van der Waals surface area (Å²) in [5, 5.41) is 20.0. The van der Waals surface area contributed by atoms with Crippen molar-refractivity contribution in [1.29, 1.82) is 0 Å². The van der Waals surface area contributed by atoms with Crippen LogP contribution < -0.4 is 14.2 Å². The normalized spacial score (nSPS) is 21.1. The average molecular weight is 679 g/mol. The molecule has 2 aliphatic heterocycles. The highest BCUT2D eigenvalue weighted by Crippen LogP contribution is 2.48. The van der Waals surface area contributed by atoms with Gasteiger partial charge >= 0.3 is 12.1 Å². The van der Waals surface area contributed by atoms with Crippen LogP contribution in [0.5, 0.6) is 17.2 Å². The van der Waals surface area contributed by atoms with Gasteiger partial charge in [0.05, 0.1) is 30.1 Å². The van der Waals surface area contributed by atoms with Gasteiger partial charge in [0.25, 0.3) is 0 Å². The lowest BCUT2D eigenvalue weighted by Crippen LogP contribution is -2.43. The Balaban J connectivity index is 1.31. The van der Waals surface area contributed by atoms with Crippen molar-refractivity contribution in [3.8, 4) is 28.4 Å². The molecule has 0 bridgehead atoms. The molecule has 13 heteroatoms. The number of carboxylic acids is 1. The molecule has 1 saturated heterocycles. The van der Waals surface area contributed by atoms with Gasteiger partial charge in [0.2, 0.25) is 0 Å². The van der Waals surface area contributed by atoms with Crippen molar-refractivity contribution in [2.24, 2.45) is 0 Å². The molecule has 2 heterocycles. The summed E-state index contributed by atoms with van der Waals surface area (Å²) in [7, 11) is -3.19. The van der Waals surface area contributed by atoms with Crippen LogP contribution in [0.15, 0.2) is 36.4 Å². The van der Waals surface area contributed by atoms with Gasteiger partial charge in [-0.05, 0) is 91.6 Å². The Morgan fingerprint density at radius 3 is 2.38 bits per heavy atom. The lowest BCUT2D eigenvalue weighted by Gasteiger charge is -2.31. The number of rotatable bonds is 8. The van der Waals surface area contributed by atoms with Crippen molar-refractivity contribution < 1.29 is 55.2 Å². The number of hydrogen-bond acceptors (Lipinski definition) is 7. The van der Waals surface area contributed by atoms with Gasteiger partial charge in [-0.15, -0.1) is 0 Å². The summed E-state index contributed by atoms with van der Waals surface area (Å²) in [5.74, 6) is -1.91. The molecule has 0 aromatic heterocycles. The minimum atomic E-state index is -4.98. The van der Waals surface area contributed by atoms with E-state index in [-0.39, 0.29) is 79.6 Å². The SMILES string of the molecule is Cc1cc(OCC2(O)CCS(=O)(=O)CC2)cc(C)c1-c1cc(C(F)(F)F)c(F)c2c1CC[C@H]2Oc1ccc2c(c1)OC[C@H]2CC(=O)O. The molecule has 0 spiro atoms. The van der Waals surface area contributed by atoms with Crippen molar-refractivity contribution in [3.05, 3.63) is 75.6 Å². The Labute approximate surface area is 269 Å². The van der Waals surface area contributed by atoms with Crippen LogP contribution in [0.1, 0.15) is 71.1 Å². The molecule has 3 aromatic rings. The number of ether oxygens (including phenoxy) is 3. The van der Waals surface area contributed by atoms with Gasteiger partial charge in [0.15, 0.2) is 9.84 Å². The molecule has 0 amide bonds. The summed E-state index contributed by atoms with van der Waals surface area (Å²) in [6.07, 6.45) is -5.52. The van der Waals surface area contributed by atoms with E-state index in [0.29, 0.717) is 39.3 Å². The third kappa shape index (κ3) is 6.64. The smallest absolute Gasteiger partial charge is 0.419 e. The van der Waals surface area contributed by atoms with Crippen LogP contribution >= 0.6 is 0 Å². The number of fused-ring (bicyclic) bond motifs is 2. The Morgan fingerprint density at radius 1 is 1.06 bits per heavy atom. The first-order chi connectivity index (χ1) is 22.0. The van der Waals surface area contributed by atoms with Gasteiger partial charge in [-0.25, -0.2) is 12.8 Å². The third-order valence-electron chi connectivity index (χ3n) is 9.30. The summed E-state index contributed by atoms with van der Waals surface area (Å²) in [6.45, 7) is 3.46. The molecule has 2 N–H and O–H groups in total. The Hall–Kier alpha value is -3.84. The minimum Gasteiger partial charge on any atom is -0.492 e. The fourth-order valence-electron chi connectivity index (χ4n) is 6.88. The molecule has 3 aliphatic rings. The number of carboxylic acid groups (broad SMARTS) is 1. The number of hydrogen-bond donors (Lipinski definition) is 2. The molecular formula is C34H34F4O8S. The standard InChI is InChI=1S/C34H34F4O8S/c1-18-11-22(45-17-33(41)7-9-47(42,43)10-8-33)12-19(2)30(18)25-15-26(34(36,37)38)32(35)31-24(25)5-6-27(31)46-21-3-4-23-20(13-29(39)40)16-44-28(23)14-21/h3-4,11-12,14-15,20,27,41H,5-10,13,16-17H2,1-2H3,(H,39,40)/t20-,27-/m1/s1. The fourth-order valence-corrected chi connectivity index (χ4v) is 8.46. The molecule has 0 unspecified atom stereocenters. The molecular weight excluding hydrogens is 644 g/mol. The maximum Gasteiger partial charge on any atom is 0.419 e. The first-order valence-electron chi connectivity index (χ1n) is 15.3. The third-order valence-corrected chi connectivity index (χ3v) is 11.0. The van der Waals surface area contributed by atoms with Crippen molar-refractivity contribution >= 4 is 15.8 Å². The highest BCUT2D eigenvalue weighted by atomic mass is 32.2. The van der Waals surface area contributed by atoms with Crippen molar-refractivity contribution in [1.82, 2.24) is 0 Å². The second-order valence-corrected chi connectivity index (χ2v) is 15.0. The van der Waals surface area contributed by atoms with Crippen LogP contribution in [0.25, 0.3) is 11.1 Å². The number of aliphatic carboxylic acids is 1. The molecule has 1 fully saturated rings. The highest BCUT2D eigenvalue weighted by molar-refractivity contribution is 7.91. The maximum atomic E-state index is 15.8. The zero-order chi connectivity index (χ0) is 33.9. The molecule has 8 nitrogen and oxygen atoms in total. The van der Waals surface area contributed by atoms with E-state index in [9.17, 15) is 31.5 Å². The number of aryl methyl sites for hydroxylation is 2. The fraction of sp³-hybridized carbons (Fsp3) is 0.441. The summed E-state index contributed by atoms with van der Waals surface area (Å²) in [4.78, 5) is 11.2. The molecule has 6 rings (SSSR count). The molecule has 3 aromatic carbocycles. The molecule has 1 aliphatic carbocycles. The molecule has 0 radical (unpaired) electrons. The Bertz CT molecular complexity index is 1820. The average Bonchev–Trinajstić information content (AvgIpc) is 3.58. The van der Waals surface area contributed by atoms with Crippen LogP contribution in [0.4, 0.5) is 17.6 Å². The zero-order valence-electron chi connectivity index (χ0n) is 25.7. The van der Waals surface area contributed by atoms with E-state index in [0.717, 1.165) is 6.07 Å². The highest BCUT2D eigenvalue weighted by Gasteiger charge is 2.41. The van der Waals surface area contributed by atoms with Crippen molar-refractivity contribution in [3.63, 3.8) is 0 Å². The van der Waals surface area contributed by atoms with Gasteiger partial charge in [-0.2, -0.15) is 13.2 Å². The second-order valence-electron chi connectivity index (χ2n) is 12.7. The van der Waals surface area contributed by atoms with E-state index in [4.69, 9.17) is 19.3 Å². The Kier molecular flexibility index (Phi) is 8.44. The summed E-state index contributed by atoms with van der Waals surface area (Å²) >= 11 is 0. The van der Waals surface area contributed by atoms with Crippen LogP contribution in [0.3, 0.4) is 0 Å². The lowest BCUT2D eigenvalue weighted by atomic mass is 9.88. The van der Waals surface area contributed by atoms with E-state index >= 15 is 4.39 Å². The predicted molar refractivity (Wildman–Crippen MR) is 163 cm³/mol. The van der Waals surface area contributed by atoms with Crippen molar-refractivity contribution in [2.45, 2.75) is 69.8 Å². The largest absolute Gasteiger partial charge is 0.492 e. The van der Waals surface area contributed by atoms with Crippen molar-refractivity contribution in [2.75, 3.05) is 24.7 Å². The maximum absolute atomic E-state index is 15.8. The molecule has 252 valence electrons. The van der Waals surface area contributed by atoms with Gasteiger partial charge in [-0.1, -0.05) is 6.07 Å². The number of aliphatic hydroxyl groups is 1. The quantitative estimate of drug-likeness (QED) is 0.261. The summed E-state index contributed by atoms with van der Waals surface area (Å²) < 4.78 is 99.7. The molecule has 47 heavy (non-hydrogen) atoms. The topological polar surface area (TPSA) is 119 Å². The number of sulfone groups is 1. The van der Waals surface area contributed by atoms with E-state index < -0.39 is 45.1 Å². The first kappa shape index (κ1) is 33.1. The monoisotopic (exact) mass is 678 g/mol. The first-order valence-corrected chi connectivity index (χ1v) is 17.1. The minimum absolute atomic E-state index is 0.0419.